The van der Waals surface area contributed by atoms with Gasteiger partial charge in [-0.3, -0.25) is 4.68 Å². The predicted molar refractivity (Wildman–Crippen MR) is 59.3 cm³/mol. The van der Waals surface area contributed by atoms with E-state index in [1.807, 2.05) is 4.68 Å². The average molecular weight is 258 g/mol. The van der Waals surface area contributed by atoms with Crippen molar-refractivity contribution in [1.82, 2.24) is 15.0 Å². The fraction of sp³-hybridized carbons (Fsp3) is 0.800. The van der Waals surface area contributed by atoms with Gasteiger partial charge in [-0.1, -0.05) is 40.9 Å². The van der Waals surface area contributed by atoms with Crippen molar-refractivity contribution in [2.45, 2.75) is 44.0 Å². The first-order valence-corrected chi connectivity index (χ1v) is 6.25. The van der Waals surface area contributed by atoms with Crippen LogP contribution in [0.25, 0.3) is 0 Å². The maximum Gasteiger partial charge on any atom is 0.0963 e. The first-order chi connectivity index (χ1) is 6.79. The summed E-state index contributed by atoms with van der Waals surface area (Å²) in [7, 11) is 0. The molecular weight excluding hydrogens is 242 g/mol. The van der Waals surface area contributed by atoms with Crippen LogP contribution in [-0.2, 0) is 6.54 Å². The molecule has 1 fully saturated rings. The summed E-state index contributed by atoms with van der Waals surface area (Å²) in [6, 6.07) is 0. The second-order valence-electron chi connectivity index (χ2n) is 4.01. The van der Waals surface area contributed by atoms with Crippen LogP contribution in [0.3, 0.4) is 0 Å². The van der Waals surface area contributed by atoms with Crippen molar-refractivity contribution < 1.29 is 0 Å². The zero-order valence-corrected chi connectivity index (χ0v) is 10.1. The lowest BCUT2D eigenvalue weighted by atomic mass is 10.3. The van der Waals surface area contributed by atoms with Crippen LogP contribution in [0.5, 0.6) is 0 Å². The molecular formula is C10H16BrN3. The van der Waals surface area contributed by atoms with Gasteiger partial charge in [-0.05, 0) is 18.8 Å². The fourth-order valence-electron chi connectivity index (χ4n) is 1.50. The predicted octanol–water partition coefficient (Wildman–Crippen LogP) is 2.92. The second kappa shape index (κ2) is 4.43. The normalized spacial score (nSPS) is 18.4. The summed E-state index contributed by atoms with van der Waals surface area (Å²) in [6.07, 6.45) is 7.21. The van der Waals surface area contributed by atoms with Crippen LogP contribution in [0.4, 0.5) is 0 Å². The molecule has 0 saturated heterocycles. The van der Waals surface area contributed by atoms with Gasteiger partial charge in [0.2, 0.25) is 0 Å². The highest BCUT2D eigenvalue weighted by atomic mass is 79.9. The summed E-state index contributed by atoms with van der Waals surface area (Å²) < 4.78 is 1.97. The van der Waals surface area contributed by atoms with Crippen LogP contribution in [0, 0.1) is 5.92 Å². The maximum atomic E-state index is 4.15. The minimum Gasteiger partial charge on any atom is -0.252 e. The third-order valence-electron chi connectivity index (χ3n) is 2.70. The molecule has 0 amide bonds. The highest BCUT2D eigenvalue weighted by Crippen LogP contribution is 2.32. The second-order valence-corrected chi connectivity index (χ2v) is 5.12. The topological polar surface area (TPSA) is 30.7 Å². The fourth-order valence-corrected chi connectivity index (χ4v) is 1.71. The van der Waals surface area contributed by atoms with Crippen LogP contribution < -0.4 is 0 Å². The molecule has 0 bridgehead atoms. The monoisotopic (exact) mass is 257 g/mol. The van der Waals surface area contributed by atoms with Crippen LogP contribution in [0.2, 0.25) is 0 Å². The Bertz CT molecular complexity index is 293. The molecule has 0 N–H and O–H groups in total. The van der Waals surface area contributed by atoms with Gasteiger partial charge in [-0.15, -0.1) is 5.10 Å². The minimum atomic E-state index is 0.358. The number of alkyl halides is 1. The first kappa shape index (κ1) is 10.1. The molecule has 0 radical (unpaired) electrons. The van der Waals surface area contributed by atoms with Crippen molar-refractivity contribution in [2.24, 2.45) is 5.92 Å². The Morgan fingerprint density at radius 3 is 3.07 bits per heavy atom. The van der Waals surface area contributed by atoms with Crippen molar-refractivity contribution in [3.63, 3.8) is 0 Å². The highest BCUT2D eigenvalue weighted by Gasteiger charge is 2.21. The third kappa shape index (κ3) is 2.56. The van der Waals surface area contributed by atoms with Crippen molar-refractivity contribution in [2.75, 3.05) is 0 Å². The van der Waals surface area contributed by atoms with Crippen molar-refractivity contribution in [3.05, 3.63) is 11.9 Å². The molecule has 1 aliphatic carbocycles. The number of hydrogen-bond acceptors (Lipinski definition) is 2. The van der Waals surface area contributed by atoms with Gasteiger partial charge in [0.15, 0.2) is 0 Å². The molecule has 0 spiro atoms. The van der Waals surface area contributed by atoms with Crippen LogP contribution in [0.15, 0.2) is 6.20 Å². The van der Waals surface area contributed by atoms with Gasteiger partial charge in [0, 0.05) is 12.7 Å². The van der Waals surface area contributed by atoms with E-state index in [1.54, 1.807) is 0 Å². The van der Waals surface area contributed by atoms with Crippen molar-refractivity contribution in [1.29, 1.82) is 0 Å². The number of aryl methyl sites for hydroxylation is 1. The summed E-state index contributed by atoms with van der Waals surface area (Å²) in [4.78, 5) is 0.358. The quantitative estimate of drug-likeness (QED) is 0.760. The number of nitrogens with zero attached hydrogens (tertiary/aromatic N) is 3. The molecule has 1 aromatic rings. The largest absolute Gasteiger partial charge is 0.252 e. The summed E-state index contributed by atoms with van der Waals surface area (Å²) in [6.45, 7) is 3.17. The lowest BCUT2D eigenvalue weighted by Crippen LogP contribution is -1.99. The van der Waals surface area contributed by atoms with E-state index < -0.39 is 0 Å². The van der Waals surface area contributed by atoms with E-state index in [2.05, 4.69) is 39.4 Å². The van der Waals surface area contributed by atoms with Gasteiger partial charge < -0.3 is 0 Å². The van der Waals surface area contributed by atoms with Gasteiger partial charge >= 0.3 is 0 Å². The molecule has 0 aliphatic heterocycles. The standard InChI is InChI=1S/C10H16BrN3/c1-2-9(11)10-7-14(13-12-10)6-5-8-3-4-8/h7-9H,2-6H2,1H3. The highest BCUT2D eigenvalue weighted by molar-refractivity contribution is 9.09. The van der Waals surface area contributed by atoms with E-state index >= 15 is 0 Å². The van der Waals surface area contributed by atoms with Gasteiger partial charge in [-0.25, -0.2) is 0 Å². The number of aromatic nitrogens is 3. The lowest BCUT2D eigenvalue weighted by molar-refractivity contribution is 0.531. The molecule has 4 heteroatoms. The van der Waals surface area contributed by atoms with Crippen LogP contribution in [0.1, 0.15) is 43.1 Å². The third-order valence-corrected chi connectivity index (χ3v) is 3.82. The van der Waals surface area contributed by atoms with Gasteiger partial charge in [-0.2, -0.15) is 0 Å². The average Bonchev–Trinajstić information content (AvgIpc) is 2.92. The first-order valence-electron chi connectivity index (χ1n) is 5.33. The Kier molecular flexibility index (Phi) is 3.21. The molecule has 1 aromatic heterocycles. The number of rotatable bonds is 5. The van der Waals surface area contributed by atoms with Gasteiger partial charge in [0.05, 0.1) is 10.5 Å². The Morgan fingerprint density at radius 2 is 2.43 bits per heavy atom. The minimum absolute atomic E-state index is 0.358. The lowest BCUT2D eigenvalue weighted by Gasteiger charge is -1.99. The summed E-state index contributed by atoms with van der Waals surface area (Å²) in [5, 5.41) is 8.27. The van der Waals surface area contributed by atoms with E-state index in [0.29, 0.717) is 4.83 Å². The smallest absolute Gasteiger partial charge is 0.0963 e. The Balaban J connectivity index is 1.87. The number of hydrogen-bond donors (Lipinski definition) is 0. The van der Waals surface area contributed by atoms with Crippen molar-refractivity contribution >= 4 is 15.9 Å². The summed E-state index contributed by atoms with van der Waals surface area (Å²) in [5.74, 6) is 0.966. The Labute approximate surface area is 93.0 Å². The van der Waals surface area contributed by atoms with E-state index in [0.717, 1.165) is 24.6 Å². The summed E-state index contributed by atoms with van der Waals surface area (Å²) in [5.41, 5.74) is 1.06. The van der Waals surface area contributed by atoms with E-state index in [9.17, 15) is 0 Å². The van der Waals surface area contributed by atoms with Gasteiger partial charge in [0.25, 0.3) is 0 Å². The molecule has 78 valence electrons. The van der Waals surface area contributed by atoms with Crippen LogP contribution >= 0.6 is 15.9 Å². The molecule has 1 heterocycles. The molecule has 0 aromatic carbocycles. The summed E-state index contributed by atoms with van der Waals surface area (Å²) >= 11 is 3.57. The molecule has 1 saturated carbocycles. The Hall–Kier alpha value is -0.380. The van der Waals surface area contributed by atoms with E-state index in [-0.39, 0.29) is 0 Å². The van der Waals surface area contributed by atoms with E-state index in [1.165, 1.54) is 19.3 Å². The molecule has 1 unspecified atom stereocenters. The SMILES string of the molecule is CCC(Br)c1cn(CCC2CC2)nn1. The maximum absolute atomic E-state index is 4.15. The zero-order valence-electron chi connectivity index (χ0n) is 8.49. The number of halogens is 1. The molecule has 2 rings (SSSR count). The van der Waals surface area contributed by atoms with Crippen LogP contribution in [-0.4, -0.2) is 15.0 Å². The molecule has 1 aliphatic rings. The molecule has 14 heavy (non-hydrogen) atoms. The van der Waals surface area contributed by atoms with Crippen molar-refractivity contribution in [3.8, 4) is 0 Å². The zero-order chi connectivity index (χ0) is 9.97. The molecule has 1 atom stereocenters. The van der Waals surface area contributed by atoms with Gasteiger partial charge in [0.1, 0.15) is 0 Å². The Morgan fingerprint density at radius 1 is 1.64 bits per heavy atom. The molecule has 3 nitrogen and oxygen atoms in total. The van der Waals surface area contributed by atoms with E-state index in [4.69, 9.17) is 0 Å².